The highest BCUT2D eigenvalue weighted by atomic mass is 35.5. The number of aryl methyl sites for hydroxylation is 1. The summed E-state index contributed by atoms with van der Waals surface area (Å²) in [4.78, 5) is 14.2. The minimum atomic E-state index is -0.0857. The molecule has 0 bridgehead atoms. The molecule has 0 aliphatic carbocycles. The number of benzene rings is 2. The zero-order valence-electron chi connectivity index (χ0n) is 15.0. The van der Waals surface area contributed by atoms with E-state index < -0.39 is 0 Å². The second-order valence-corrected chi connectivity index (χ2v) is 7.01. The first kappa shape index (κ1) is 19.3. The van der Waals surface area contributed by atoms with Crippen LogP contribution in [0.5, 0.6) is 5.75 Å². The summed E-state index contributed by atoms with van der Waals surface area (Å²) >= 11 is 12.0. The summed E-state index contributed by atoms with van der Waals surface area (Å²) in [5.74, 6) is 0.657. The molecule has 3 aromatic rings. The predicted octanol–water partition coefficient (Wildman–Crippen LogP) is 4.58. The number of hydrogen-bond donors (Lipinski definition) is 0. The van der Waals surface area contributed by atoms with Crippen LogP contribution in [0.4, 0.5) is 0 Å². The fraction of sp³-hybridized carbons (Fsp3) is 0.200. The Bertz CT molecular complexity index is 902. The van der Waals surface area contributed by atoms with Crippen LogP contribution in [0.1, 0.15) is 21.6 Å². The number of amides is 1. The average Bonchev–Trinajstić information content (AvgIpc) is 2.99. The van der Waals surface area contributed by atoms with Gasteiger partial charge in [0.1, 0.15) is 12.4 Å². The fourth-order valence-corrected chi connectivity index (χ4v) is 2.92. The molecule has 0 unspecified atom stereocenters. The third kappa shape index (κ3) is 4.81. The zero-order valence-corrected chi connectivity index (χ0v) is 16.5. The van der Waals surface area contributed by atoms with Gasteiger partial charge in [-0.1, -0.05) is 35.3 Å². The molecule has 5 nitrogen and oxygen atoms in total. The number of rotatable bonds is 6. The Morgan fingerprint density at radius 1 is 1.11 bits per heavy atom. The van der Waals surface area contributed by atoms with Crippen LogP contribution in [0.15, 0.2) is 54.7 Å². The minimum Gasteiger partial charge on any atom is -0.489 e. The van der Waals surface area contributed by atoms with Gasteiger partial charge in [-0.15, -0.1) is 0 Å². The Hall–Kier alpha value is -2.50. The van der Waals surface area contributed by atoms with Crippen molar-refractivity contribution in [2.24, 2.45) is 7.05 Å². The molecule has 0 saturated heterocycles. The van der Waals surface area contributed by atoms with Gasteiger partial charge in [-0.25, -0.2) is 0 Å². The molecule has 3 rings (SSSR count). The highest BCUT2D eigenvalue weighted by Gasteiger charge is 2.15. The van der Waals surface area contributed by atoms with Crippen LogP contribution in [-0.4, -0.2) is 27.6 Å². The van der Waals surface area contributed by atoms with Crippen molar-refractivity contribution in [3.8, 4) is 5.75 Å². The van der Waals surface area contributed by atoms with Gasteiger partial charge >= 0.3 is 0 Å². The molecule has 1 heterocycles. The zero-order chi connectivity index (χ0) is 19.4. The van der Waals surface area contributed by atoms with Crippen molar-refractivity contribution in [3.63, 3.8) is 0 Å². The van der Waals surface area contributed by atoms with Crippen molar-refractivity contribution in [3.05, 3.63) is 81.6 Å². The molecule has 27 heavy (non-hydrogen) atoms. The third-order valence-corrected chi connectivity index (χ3v) is 4.73. The molecule has 0 fully saturated rings. The molecule has 140 valence electrons. The first-order chi connectivity index (χ1) is 12.9. The van der Waals surface area contributed by atoms with Gasteiger partial charge in [0.2, 0.25) is 0 Å². The molecule has 0 saturated carbocycles. The molecule has 0 aliphatic rings. The Labute approximate surface area is 168 Å². The van der Waals surface area contributed by atoms with Crippen molar-refractivity contribution in [1.82, 2.24) is 14.7 Å². The van der Waals surface area contributed by atoms with Crippen molar-refractivity contribution in [1.29, 1.82) is 0 Å². The van der Waals surface area contributed by atoms with Crippen molar-refractivity contribution >= 4 is 29.1 Å². The third-order valence-electron chi connectivity index (χ3n) is 4.16. The molecular formula is C20H19Cl2N3O2. The first-order valence-electron chi connectivity index (χ1n) is 8.33. The Kier molecular flexibility index (Phi) is 6.04. The van der Waals surface area contributed by atoms with Gasteiger partial charge in [0.15, 0.2) is 0 Å². The smallest absolute Gasteiger partial charge is 0.253 e. The van der Waals surface area contributed by atoms with Crippen LogP contribution in [0.25, 0.3) is 0 Å². The van der Waals surface area contributed by atoms with E-state index in [0.29, 0.717) is 28.8 Å². The van der Waals surface area contributed by atoms with E-state index in [1.165, 1.54) is 0 Å². The maximum Gasteiger partial charge on any atom is 0.253 e. The SMILES string of the molecule is CN(Cc1c(Cl)cnn1C)C(=O)c1ccc(COc2ccc(Cl)cc2)cc1. The highest BCUT2D eigenvalue weighted by molar-refractivity contribution is 6.31. The van der Waals surface area contributed by atoms with Gasteiger partial charge in [-0.3, -0.25) is 9.48 Å². The number of halogens is 2. The minimum absolute atomic E-state index is 0.0857. The van der Waals surface area contributed by atoms with Gasteiger partial charge < -0.3 is 9.64 Å². The van der Waals surface area contributed by atoms with Crippen LogP contribution in [0, 0.1) is 0 Å². The van der Waals surface area contributed by atoms with Crippen molar-refractivity contribution < 1.29 is 9.53 Å². The van der Waals surface area contributed by atoms with Crippen LogP contribution in [0.2, 0.25) is 10.0 Å². The molecular weight excluding hydrogens is 385 g/mol. The number of carbonyl (C=O) groups is 1. The van der Waals surface area contributed by atoms with Crippen molar-refractivity contribution in [2.45, 2.75) is 13.2 Å². The molecule has 0 atom stereocenters. The monoisotopic (exact) mass is 403 g/mol. The largest absolute Gasteiger partial charge is 0.489 e. The summed E-state index contributed by atoms with van der Waals surface area (Å²) in [6.07, 6.45) is 1.57. The molecule has 0 radical (unpaired) electrons. The van der Waals surface area contributed by atoms with E-state index in [4.69, 9.17) is 27.9 Å². The maximum absolute atomic E-state index is 12.6. The van der Waals surface area contributed by atoms with E-state index in [2.05, 4.69) is 5.10 Å². The summed E-state index contributed by atoms with van der Waals surface area (Å²) < 4.78 is 7.38. The molecule has 0 aliphatic heterocycles. The van der Waals surface area contributed by atoms with Crippen molar-refractivity contribution in [2.75, 3.05) is 7.05 Å². The van der Waals surface area contributed by atoms with Crippen LogP contribution in [0.3, 0.4) is 0 Å². The summed E-state index contributed by atoms with van der Waals surface area (Å²) in [5.41, 5.74) is 2.37. The average molecular weight is 404 g/mol. The van der Waals surface area contributed by atoms with E-state index in [1.807, 2.05) is 24.3 Å². The molecule has 2 aromatic carbocycles. The van der Waals surface area contributed by atoms with Gasteiger partial charge in [-0.05, 0) is 42.0 Å². The number of carbonyl (C=O) groups excluding carboxylic acids is 1. The first-order valence-corrected chi connectivity index (χ1v) is 9.09. The lowest BCUT2D eigenvalue weighted by molar-refractivity contribution is 0.0782. The van der Waals surface area contributed by atoms with E-state index in [9.17, 15) is 4.79 Å². The summed E-state index contributed by atoms with van der Waals surface area (Å²) in [6.45, 7) is 0.798. The quantitative estimate of drug-likeness (QED) is 0.604. The van der Waals surface area contributed by atoms with Gasteiger partial charge in [0.05, 0.1) is 23.5 Å². The second kappa shape index (κ2) is 8.46. The lowest BCUT2D eigenvalue weighted by Gasteiger charge is -2.18. The van der Waals surface area contributed by atoms with Crippen LogP contribution < -0.4 is 4.74 Å². The lowest BCUT2D eigenvalue weighted by Crippen LogP contribution is -2.27. The van der Waals surface area contributed by atoms with Crippen LogP contribution in [-0.2, 0) is 20.2 Å². The van der Waals surface area contributed by atoms with E-state index in [0.717, 1.165) is 17.0 Å². The van der Waals surface area contributed by atoms with E-state index in [1.54, 1.807) is 54.1 Å². The van der Waals surface area contributed by atoms with E-state index >= 15 is 0 Å². The predicted molar refractivity (Wildman–Crippen MR) is 106 cm³/mol. The molecule has 1 aromatic heterocycles. The number of nitrogens with zero attached hydrogens (tertiary/aromatic N) is 3. The van der Waals surface area contributed by atoms with Gasteiger partial charge in [-0.2, -0.15) is 5.10 Å². The topological polar surface area (TPSA) is 47.4 Å². The standard InChI is InChI=1S/C20H19Cl2N3O2/c1-24(12-19-18(22)11-23-25(19)2)20(26)15-5-3-14(4-6-15)13-27-17-9-7-16(21)8-10-17/h3-11H,12-13H2,1-2H3. The number of aromatic nitrogens is 2. The summed E-state index contributed by atoms with van der Waals surface area (Å²) in [6, 6.07) is 14.6. The van der Waals surface area contributed by atoms with Crippen LogP contribution >= 0.6 is 23.2 Å². The Balaban J connectivity index is 1.60. The maximum atomic E-state index is 12.6. The second-order valence-electron chi connectivity index (χ2n) is 6.16. The molecule has 1 amide bonds. The Morgan fingerprint density at radius 2 is 1.78 bits per heavy atom. The lowest BCUT2D eigenvalue weighted by atomic mass is 10.1. The molecule has 0 spiro atoms. The fourth-order valence-electron chi connectivity index (χ4n) is 2.57. The Morgan fingerprint density at radius 3 is 2.37 bits per heavy atom. The highest BCUT2D eigenvalue weighted by Crippen LogP contribution is 2.19. The van der Waals surface area contributed by atoms with E-state index in [-0.39, 0.29) is 5.91 Å². The summed E-state index contributed by atoms with van der Waals surface area (Å²) in [5, 5.41) is 5.30. The van der Waals surface area contributed by atoms with Gasteiger partial charge in [0.25, 0.3) is 5.91 Å². The summed E-state index contributed by atoms with van der Waals surface area (Å²) in [7, 11) is 3.54. The normalized spacial score (nSPS) is 10.7. The molecule has 0 N–H and O–H groups in total. The number of ether oxygens (including phenoxy) is 1. The van der Waals surface area contributed by atoms with Gasteiger partial charge in [0, 0.05) is 24.7 Å². The number of hydrogen-bond acceptors (Lipinski definition) is 3. The molecule has 7 heteroatoms.